The summed E-state index contributed by atoms with van der Waals surface area (Å²) in [6.45, 7) is 0.478. The number of nitrogens with two attached hydrogens (primary N) is 1. The number of anilines is 1. The summed E-state index contributed by atoms with van der Waals surface area (Å²) in [5.74, 6) is -0.671. The molecule has 1 aromatic carbocycles. The van der Waals surface area contributed by atoms with E-state index >= 15 is 0 Å². The van der Waals surface area contributed by atoms with E-state index in [-0.39, 0.29) is 41.1 Å². The van der Waals surface area contributed by atoms with Crippen molar-refractivity contribution < 1.29 is 26.9 Å². The standard InChI is InChI=1S/C24H25Cl2N5O6S/c25-14-2-1-12-3-4-29-21(16(12)6-14)17-8-20(37-23(17)26)22(33)18-9-28-11-30-24(18)31-15-5-13(19(32)7-15)10-36-38(27,34)35/h1-2,6,8-9,11,13,15,19,21,29,32H,3-5,7,10H2,(H2,27,34,35)(H,28,30,31)/t13-,15-,19+,21-/m1/s1. The van der Waals surface area contributed by atoms with E-state index in [1.165, 1.54) is 12.5 Å². The zero-order chi connectivity index (χ0) is 27.0. The Bertz CT molecular complexity index is 1470. The maximum atomic E-state index is 13.5. The molecular formula is C24H25Cl2N5O6S. The minimum Gasteiger partial charge on any atom is -0.441 e. The Balaban J connectivity index is 1.35. The molecule has 1 aliphatic heterocycles. The van der Waals surface area contributed by atoms with E-state index in [4.69, 9.17) is 32.8 Å². The highest BCUT2D eigenvalue weighted by Crippen LogP contribution is 2.37. The lowest BCUT2D eigenvalue weighted by molar-refractivity contribution is 0.100. The highest BCUT2D eigenvalue weighted by atomic mass is 35.5. The van der Waals surface area contributed by atoms with Gasteiger partial charge in [-0.25, -0.2) is 15.1 Å². The molecule has 0 spiro atoms. The van der Waals surface area contributed by atoms with Crippen LogP contribution in [0, 0.1) is 5.92 Å². The summed E-state index contributed by atoms with van der Waals surface area (Å²) in [5, 5.41) is 22.5. The van der Waals surface area contributed by atoms with Crippen LogP contribution in [0.5, 0.6) is 0 Å². The molecule has 2 aromatic heterocycles. The molecule has 0 unspecified atom stereocenters. The highest BCUT2D eigenvalue weighted by molar-refractivity contribution is 7.84. The van der Waals surface area contributed by atoms with Gasteiger partial charge in [0.05, 0.1) is 24.3 Å². The molecule has 5 N–H and O–H groups in total. The normalized spacial score (nSPS) is 23.3. The molecule has 1 fully saturated rings. The first-order valence-electron chi connectivity index (χ1n) is 11.9. The van der Waals surface area contributed by atoms with Crippen LogP contribution in [0.1, 0.15) is 51.7 Å². The number of ketones is 1. The zero-order valence-corrected chi connectivity index (χ0v) is 22.3. The van der Waals surface area contributed by atoms with Crippen LogP contribution in [0.4, 0.5) is 5.82 Å². The first-order chi connectivity index (χ1) is 18.1. The third-order valence-corrected chi connectivity index (χ3v) is 7.81. The molecular weight excluding hydrogens is 557 g/mol. The van der Waals surface area contributed by atoms with E-state index in [2.05, 4.69) is 24.8 Å². The van der Waals surface area contributed by atoms with Gasteiger partial charge in [-0.1, -0.05) is 17.7 Å². The molecule has 0 bridgehead atoms. The van der Waals surface area contributed by atoms with Crippen molar-refractivity contribution in [2.45, 2.75) is 37.5 Å². The predicted octanol–water partition coefficient (Wildman–Crippen LogP) is 2.61. The van der Waals surface area contributed by atoms with Gasteiger partial charge < -0.3 is 20.2 Å². The Morgan fingerprint density at radius 2 is 2.08 bits per heavy atom. The number of furan rings is 1. The van der Waals surface area contributed by atoms with Crippen LogP contribution in [-0.2, 0) is 20.9 Å². The lowest BCUT2D eigenvalue weighted by Crippen LogP contribution is -2.30. The van der Waals surface area contributed by atoms with Gasteiger partial charge in [0.25, 0.3) is 0 Å². The molecule has 1 aliphatic carbocycles. The average Bonchev–Trinajstić information content (AvgIpc) is 3.43. The van der Waals surface area contributed by atoms with Gasteiger partial charge in [0.2, 0.25) is 5.78 Å². The SMILES string of the molecule is NS(=O)(=O)OC[C@H]1C[C@@H](Nc2ncncc2C(=O)c2cc([C@@H]3NCCc4ccc(Cl)cc43)c(Cl)o2)C[C@@H]1O. The van der Waals surface area contributed by atoms with Gasteiger partial charge in [0, 0.05) is 35.3 Å². The number of carbonyl (C=O) groups is 1. The Kier molecular flexibility index (Phi) is 7.74. The molecule has 5 rings (SSSR count). The van der Waals surface area contributed by atoms with Crippen LogP contribution in [-0.4, -0.2) is 54.6 Å². The van der Waals surface area contributed by atoms with Crippen molar-refractivity contribution in [3.05, 3.63) is 75.0 Å². The topological polar surface area (TPSA) is 170 Å². The zero-order valence-electron chi connectivity index (χ0n) is 19.9. The first-order valence-corrected chi connectivity index (χ1v) is 14.1. The minimum absolute atomic E-state index is 0.0182. The fourth-order valence-electron chi connectivity index (χ4n) is 5.01. The van der Waals surface area contributed by atoms with Crippen molar-refractivity contribution >= 4 is 45.1 Å². The maximum Gasteiger partial charge on any atom is 0.333 e. The van der Waals surface area contributed by atoms with Gasteiger partial charge in [-0.3, -0.25) is 8.98 Å². The van der Waals surface area contributed by atoms with Crippen molar-refractivity contribution in [1.29, 1.82) is 0 Å². The summed E-state index contributed by atoms with van der Waals surface area (Å²) >= 11 is 12.7. The minimum atomic E-state index is -4.12. The molecule has 0 radical (unpaired) electrons. The van der Waals surface area contributed by atoms with Crippen LogP contribution in [0.15, 0.2) is 41.2 Å². The van der Waals surface area contributed by atoms with Gasteiger partial charge in [-0.2, -0.15) is 8.42 Å². The summed E-state index contributed by atoms with van der Waals surface area (Å²) in [7, 11) is -4.12. The summed E-state index contributed by atoms with van der Waals surface area (Å²) in [5.41, 5.74) is 2.87. The number of carbonyl (C=O) groups excluding carboxylic acids is 1. The molecule has 4 atom stereocenters. The van der Waals surface area contributed by atoms with Gasteiger partial charge in [0.15, 0.2) is 11.0 Å². The number of hydrogen-bond acceptors (Lipinski definition) is 10. The monoisotopic (exact) mass is 581 g/mol. The van der Waals surface area contributed by atoms with E-state index in [0.717, 1.165) is 24.1 Å². The molecule has 202 valence electrons. The van der Waals surface area contributed by atoms with Crippen molar-refractivity contribution in [3.63, 3.8) is 0 Å². The Hall–Kier alpha value is -2.58. The summed E-state index contributed by atoms with van der Waals surface area (Å²) in [4.78, 5) is 21.7. The largest absolute Gasteiger partial charge is 0.441 e. The lowest BCUT2D eigenvalue weighted by atomic mass is 9.91. The van der Waals surface area contributed by atoms with Gasteiger partial charge >= 0.3 is 10.3 Å². The predicted molar refractivity (Wildman–Crippen MR) is 139 cm³/mol. The van der Waals surface area contributed by atoms with Crippen LogP contribution < -0.4 is 15.8 Å². The number of nitrogens with zero attached hydrogens (tertiary/aromatic N) is 2. The number of nitrogens with one attached hydrogen (secondary N) is 2. The number of rotatable bonds is 8. The van der Waals surface area contributed by atoms with Crippen molar-refractivity contribution in [3.8, 4) is 0 Å². The number of aliphatic hydroxyl groups is 1. The number of halogens is 2. The third-order valence-electron chi connectivity index (χ3n) is 6.81. The lowest BCUT2D eigenvalue weighted by Gasteiger charge is -2.26. The second-order valence-electron chi connectivity index (χ2n) is 9.35. The third kappa shape index (κ3) is 5.86. The molecule has 38 heavy (non-hydrogen) atoms. The molecule has 14 heteroatoms. The fraction of sp³-hybridized carbons (Fsp3) is 0.375. The summed E-state index contributed by atoms with van der Waals surface area (Å²) in [6, 6.07) is 6.71. The first kappa shape index (κ1) is 27.0. The maximum absolute atomic E-state index is 13.5. The molecule has 1 saturated carbocycles. The van der Waals surface area contributed by atoms with E-state index in [0.29, 0.717) is 23.4 Å². The summed E-state index contributed by atoms with van der Waals surface area (Å²) < 4.78 is 32.5. The van der Waals surface area contributed by atoms with Gasteiger partial charge in [-0.15, -0.1) is 0 Å². The van der Waals surface area contributed by atoms with Crippen molar-refractivity contribution in [1.82, 2.24) is 15.3 Å². The molecule has 3 heterocycles. The second-order valence-corrected chi connectivity index (χ2v) is 11.4. The van der Waals surface area contributed by atoms with E-state index in [9.17, 15) is 18.3 Å². The number of hydrogen-bond donors (Lipinski definition) is 4. The molecule has 0 saturated heterocycles. The Labute approximate surface area is 229 Å². The second kappa shape index (κ2) is 10.9. The quantitative estimate of drug-likeness (QED) is 0.290. The van der Waals surface area contributed by atoms with Crippen LogP contribution >= 0.6 is 23.2 Å². The van der Waals surface area contributed by atoms with E-state index in [1.807, 2.05) is 18.2 Å². The highest BCUT2D eigenvalue weighted by Gasteiger charge is 2.35. The van der Waals surface area contributed by atoms with Crippen LogP contribution in [0.2, 0.25) is 10.2 Å². The van der Waals surface area contributed by atoms with Gasteiger partial charge in [0.1, 0.15) is 12.1 Å². The number of aromatic nitrogens is 2. The number of aliphatic hydroxyl groups excluding tert-OH is 1. The van der Waals surface area contributed by atoms with E-state index in [1.54, 1.807) is 6.07 Å². The fourth-order valence-corrected chi connectivity index (χ4v) is 5.80. The average molecular weight is 582 g/mol. The van der Waals surface area contributed by atoms with Crippen LogP contribution in [0.3, 0.4) is 0 Å². The molecule has 2 aliphatic rings. The summed E-state index contributed by atoms with van der Waals surface area (Å²) in [6.07, 6.45) is 3.35. The number of benzene rings is 1. The Morgan fingerprint density at radius 1 is 1.26 bits per heavy atom. The van der Waals surface area contributed by atoms with Crippen molar-refractivity contribution in [2.75, 3.05) is 18.5 Å². The van der Waals surface area contributed by atoms with Crippen molar-refractivity contribution in [2.24, 2.45) is 11.1 Å². The van der Waals surface area contributed by atoms with E-state index < -0.39 is 28.1 Å². The molecule has 3 aromatic rings. The smallest absolute Gasteiger partial charge is 0.333 e. The van der Waals surface area contributed by atoms with Gasteiger partial charge in [-0.05, 0) is 60.2 Å². The molecule has 11 nitrogen and oxygen atoms in total. The van der Waals surface area contributed by atoms with Crippen LogP contribution in [0.25, 0.3) is 0 Å². The molecule has 0 amide bonds. The Morgan fingerprint density at radius 3 is 2.87 bits per heavy atom. The number of fused-ring (bicyclic) bond motifs is 1.